The van der Waals surface area contributed by atoms with Crippen LogP contribution in [0.4, 0.5) is 0 Å². The van der Waals surface area contributed by atoms with Crippen molar-refractivity contribution < 1.29 is 9.47 Å². The molecule has 0 aliphatic rings. The number of halogens is 1. The highest BCUT2D eigenvalue weighted by atomic mass is 35.5. The summed E-state index contributed by atoms with van der Waals surface area (Å²) >= 11 is 5.75. The van der Waals surface area contributed by atoms with E-state index in [-0.39, 0.29) is 10.7 Å². The first-order chi connectivity index (χ1) is 9.55. The van der Waals surface area contributed by atoms with Crippen LogP contribution in [0.3, 0.4) is 0 Å². The second kappa shape index (κ2) is 5.96. The quantitative estimate of drug-likeness (QED) is 0.812. The summed E-state index contributed by atoms with van der Waals surface area (Å²) in [6.07, 6.45) is 0. The number of benzene rings is 1. The Morgan fingerprint density at radius 2 is 1.90 bits per heavy atom. The molecule has 6 heteroatoms. The minimum atomic E-state index is -0.183. The van der Waals surface area contributed by atoms with Crippen molar-refractivity contribution >= 4 is 11.6 Å². The normalized spacial score (nSPS) is 10.4. The fourth-order valence-corrected chi connectivity index (χ4v) is 2.16. The smallest absolute Gasteiger partial charge is 0.255 e. The highest BCUT2D eigenvalue weighted by Crippen LogP contribution is 2.27. The van der Waals surface area contributed by atoms with Gasteiger partial charge in [0.15, 0.2) is 11.5 Å². The standard InChI is InChI=1S/C14H15ClN2O3/c1-9-16-13(15)7-14(18)17(9)8-10-4-5-11(19-2)12(6-10)20-3/h4-7H,8H2,1-3H3. The SMILES string of the molecule is COc1ccc(Cn2c(C)nc(Cl)cc2=O)cc1OC. The number of aromatic nitrogens is 2. The van der Waals surface area contributed by atoms with Crippen molar-refractivity contribution in [3.05, 3.63) is 51.2 Å². The van der Waals surface area contributed by atoms with E-state index in [4.69, 9.17) is 21.1 Å². The monoisotopic (exact) mass is 294 g/mol. The molecule has 0 saturated heterocycles. The molecule has 1 aromatic heterocycles. The lowest BCUT2D eigenvalue weighted by Crippen LogP contribution is -2.23. The van der Waals surface area contributed by atoms with Crippen molar-refractivity contribution in [2.75, 3.05) is 14.2 Å². The first kappa shape index (κ1) is 14.4. The van der Waals surface area contributed by atoms with E-state index in [1.807, 2.05) is 12.1 Å². The number of aryl methyl sites for hydroxylation is 1. The molecule has 0 spiro atoms. The highest BCUT2D eigenvalue weighted by Gasteiger charge is 2.08. The number of ether oxygens (including phenoxy) is 2. The largest absolute Gasteiger partial charge is 0.493 e. The van der Waals surface area contributed by atoms with Gasteiger partial charge in [-0.15, -0.1) is 0 Å². The number of hydrogen-bond acceptors (Lipinski definition) is 4. The van der Waals surface area contributed by atoms with Gasteiger partial charge in [-0.3, -0.25) is 9.36 Å². The van der Waals surface area contributed by atoms with Crippen molar-refractivity contribution in [3.63, 3.8) is 0 Å². The lowest BCUT2D eigenvalue weighted by Gasteiger charge is -2.12. The van der Waals surface area contributed by atoms with Crippen LogP contribution < -0.4 is 15.0 Å². The first-order valence-corrected chi connectivity index (χ1v) is 6.38. The molecule has 0 unspecified atom stereocenters. The van der Waals surface area contributed by atoms with E-state index in [0.29, 0.717) is 23.9 Å². The van der Waals surface area contributed by atoms with Crippen LogP contribution in [0.5, 0.6) is 11.5 Å². The average Bonchev–Trinajstić information content (AvgIpc) is 2.42. The van der Waals surface area contributed by atoms with E-state index in [1.165, 1.54) is 6.07 Å². The van der Waals surface area contributed by atoms with Gasteiger partial charge in [0.1, 0.15) is 11.0 Å². The summed E-state index contributed by atoms with van der Waals surface area (Å²) in [5, 5.41) is 0.205. The Morgan fingerprint density at radius 1 is 1.20 bits per heavy atom. The molecule has 0 atom stereocenters. The number of rotatable bonds is 4. The molecule has 0 aliphatic heterocycles. The summed E-state index contributed by atoms with van der Waals surface area (Å²) in [5.74, 6) is 1.84. The Bertz CT molecular complexity index is 683. The van der Waals surface area contributed by atoms with E-state index in [9.17, 15) is 4.79 Å². The van der Waals surface area contributed by atoms with Gasteiger partial charge in [0.05, 0.1) is 20.8 Å². The van der Waals surface area contributed by atoms with E-state index >= 15 is 0 Å². The molecule has 0 saturated carbocycles. The van der Waals surface area contributed by atoms with Crippen molar-refractivity contribution in [2.45, 2.75) is 13.5 Å². The fourth-order valence-electron chi connectivity index (χ4n) is 1.94. The van der Waals surface area contributed by atoms with Gasteiger partial charge in [-0.25, -0.2) is 4.98 Å². The first-order valence-electron chi connectivity index (χ1n) is 6.00. The van der Waals surface area contributed by atoms with Crippen LogP contribution in [0.1, 0.15) is 11.4 Å². The maximum atomic E-state index is 11.9. The van der Waals surface area contributed by atoms with Gasteiger partial charge in [0, 0.05) is 6.07 Å². The van der Waals surface area contributed by atoms with Crippen LogP contribution >= 0.6 is 11.6 Å². The summed E-state index contributed by atoms with van der Waals surface area (Å²) < 4.78 is 12.0. The maximum absolute atomic E-state index is 11.9. The van der Waals surface area contributed by atoms with Gasteiger partial charge in [-0.05, 0) is 24.6 Å². The van der Waals surface area contributed by atoms with Crippen molar-refractivity contribution in [1.82, 2.24) is 9.55 Å². The third-order valence-corrected chi connectivity index (χ3v) is 3.15. The van der Waals surface area contributed by atoms with Crippen LogP contribution in [-0.2, 0) is 6.54 Å². The molecule has 1 aromatic carbocycles. The maximum Gasteiger partial charge on any atom is 0.255 e. The van der Waals surface area contributed by atoms with Gasteiger partial charge in [-0.1, -0.05) is 17.7 Å². The molecule has 1 heterocycles. The molecule has 20 heavy (non-hydrogen) atoms. The summed E-state index contributed by atoms with van der Waals surface area (Å²) in [7, 11) is 3.15. The van der Waals surface area contributed by atoms with Gasteiger partial charge in [0.2, 0.25) is 0 Å². The third-order valence-electron chi connectivity index (χ3n) is 2.96. The van der Waals surface area contributed by atoms with Gasteiger partial charge >= 0.3 is 0 Å². The van der Waals surface area contributed by atoms with E-state index in [1.54, 1.807) is 31.8 Å². The molecule has 5 nitrogen and oxygen atoms in total. The van der Waals surface area contributed by atoms with Crippen LogP contribution in [0.2, 0.25) is 5.15 Å². The van der Waals surface area contributed by atoms with Gasteiger partial charge in [0.25, 0.3) is 5.56 Å². The van der Waals surface area contributed by atoms with Crippen LogP contribution in [0.25, 0.3) is 0 Å². The Labute approximate surface area is 121 Å². The Hall–Kier alpha value is -2.01. The summed E-state index contributed by atoms with van der Waals surface area (Å²) in [5.41, 5.74) is 0.731. The predicted molar refractivity (Wildman–Crippen MR) is 76.9 cm³/mol. The Balaban J connectivity index is 2.38. The van der Waals surface area contributed by atoms with E-state index < -0.39 is 0 Å². The van der Waals surface area contributed by atoms with Crippen molar-refractivity contribution in [3.8, 4) is 11.5 Å². The second-order valence-corrected chi connectivity index (χ2v) is 4.63. The molecule has 0 radical (unpaired) electrons. The summed E-state index contributed by atoms with van der Waals surface area (Å²) in [6.45, 7) is 2.14. The van der Waals surface area contributed by atoms with Gasteiger partial charge < -0.3 is 9.47 Å². The highest BCUT2D eigenvalue weighted by molar-refractivity contribution is 6.29. The zero-order valence-electron chi connectivity index (χ0n) is 11.5. The lowest BCUT2D eigenvalue weighted by atomic mass is 10.2. The molecule has 0 aliphatic carbocycles. The third kappa shape index (κ3) is 2.93. The van der Waals surface area contributed by atoms with E-state index in [2.05, 4.69) is 4.98 Å². The second-order valence-electron chi connectivity index (χ2n) is 4.24. The Morgan fingerprint density at radius 3 is 2.50 bits per heavy atom. The molecule has 0 fully saturated rings. The fraction of sp³-hybridized carbons (Fsp3) is 0.286. The summed E-state index contributed by atoms with van der Waals surface area (Å²) in [6, 6.07) is 6.81. The van der Waals surface area contributed by atoms with Crippen LogP contribution in [0.15, 0.2) is 29.1 Å². The minimum absolute atomic E-state index is 0.183. The summed E-state index contributed by atoms with van der Waals surface area (Å²) in [4.78, 5) is 16.0. The molecule has 2 rings (SSSR count). The van der Waals surface area contributed by atoms with Gasteiger partial charge in [-0.2, -0.15) is 0 Å². The molecular weight excluding hydrogens is 280 g/mol. The lowest BCUT2D eigenvalue weighted by molar-refractivity contribution is 0.354. The van der Waals surface area contributed by atoms with Crippen LogP contribution in [0, 0.1) is 6.92 Å². The topological polar surface area (TPSA) is 53.4 Å². The number of hydrogen-bond donors (Lipinski definition) is 0. The molecule has 106 valence electrons. The van der Waals surface area contributed by atoms with E-state index in [0.717, 1.165) is 5.56 Å². The number of nitrogens with zero attached hydrogens (tertiary/aromatic N) is 2. The zero-order chi connectivity index (χ0) is 14.7. The molecule has 0 N–H and O–H groups in total. The number of methoxy groups -OCH3 is 2. The molecule has 0 bridgehead atoms. The van der Waals surface area contributed by atoms with Crippen LogP contribution in [-0.4, -0.2) is 23.8 Å². The van der Waals surface area contributed by atoms with Crippen molar-refractivity contribution in [2.24, 2.45) is 0 Å². The molecular formula is C14H15ClN2O3. The average molecular weight is 295 g/mol. The van der Waals surface area contributed by atoms with Crippen molar-refractivity contribution in [1.29, 1.82) is 0 Å². The minimum Gasteiger partial charge on any atom is -0.493 e. The molecule has 2 aromatic rings. The Kier molecular flexibility index (Phi) is 4.29. The molecule has 0 amide bonds. The zero-order valence-corrected chi connectivity index (χ0v) is 12.3. The predicted octanol–water partition coefficient (Wildman–Crippen LogP) is 2.27.